The predicted molar refractivity (Wildman–Crippen MR) is 51.5 cm³/mol. The third-order valence-corrected chi connectivity index (χ3v) is 1.93. The molecule has 2 atom stereocenters. The summed E-state index contributed by atoms with van der Waals surface area (Å²) in [6.45, 7) is 5.39. The molecule has 1 aliphatic rings. The van der Waals surface area contributed by atoms with Gasteiger partial charge in [0, 0.05) is 12.6 Å². The summed E-state index contributed by atoms with van der Waals surface area (Å²) < 4.78 is 0. The average Bonchev–Trinajstić information content (AvgIpc) is 2.54. The minimum atomic E-state index is 0.325. The van der Waals surface area contributed by atoms with Crippen LogP contribution in [0.25, 0.3) is 0 Å². The van der Waals surface area contributed by atoms with Gasteiger partial charge in [0.25, 0.3) is 0 Å². The van der Waals surface area contributed by atoms with Gasteiger partial charge in [0.2, 0.25) is 0 Å². The molecule has 0 spiro atoms. The first kappa shape index (κ1) is 10.5. The van der Waals surface area contributed by atoms with Crippen LogP contribution in [-0.4, -0.2) is 25.2 Å². The van der Waals surface area contributed by atoms with Crippen molar-refractivity contribution in [3.05, 3.63) is 0 Å². The van der Waals surface area contributed by atoms with Gasteiger partial charge in [-0.25, -0.2) is 5.43 Å². The molecule has 0 amide bonds. The maximum Gasteiger partial charge on any atom is 0.0705 e. The highest BCUT2D eigenvalue weighted by atomic mass is 16.7. The Hall–Kier alpha value is -0.600. The van der Waals surface area contributed by atoms with Gasteiger partial charge in [-0.2, -0.15) is 0 Å². The highest BCUT2D eigenvalue weighted by Gasteiger charge is 2.21. The van der Waals surface area contributed by atoms with Crippen molar-refractivity contribution in [3.8, 4) is 11.8 Å². The summed E-state index contributed by atoms with van der Waals surface area (Å²) in [6, 6.07) is 0.725. The first-order chi connectivity index (χ1) is 6.36. The van der Waals surface area contributed by atoms with Crippen molar-refractivity contribution in [3.63, 3.8) is 0 Å². The molecule has 0 aromatic carbocycles. The molecule has 1 fully saturated rings. The third kappa shape index (κ3) is 3.75. The fourth-order valence-electron chi connectivity index (χ4n) is 1.33. The molecule has 0 bridgehead atoms. The zero-order valence-corrected chi connectivity index (χ0v) is 8.18. The van der Waals surface area contributed by atoms with Gasteiger partial charge in [-0.05, 0) is 20.3 Å². The Morgan fingerprint density at radius 3 is 3.15 bits per heavy atom. The lowest BCUT2D eigenvalue weighted by Gasteiger charge is -2.10. The van der Waals surface area contributed by atoms with E-state index in [9.17, 15) is 0 Å². The van der Waals surface area contributed by atoms with Crippen LogP contribution in [0, 0.1) is 11.8 Å². The SMILES string of the molecule is CC#CC1CC(NNOCC)CN1. The van der Waals surface area contributed by atoms with Crippen LogP contribution in [-0.2, 0) is 4.84 Å². The average molecular weight is 183 g/mol. The van der Waals surface area contributed by atoms with E-state index in [1.165, 1.54) is 0 Å². The van der Waals surface area contributed by atoms with E-state index in [1.807, 2.05) is 13.8 Å². The second-order valence-electron chi connectivity index (χ2n) is 2.97. The van der Waals surface area contributed by atoms with Crippen molar-refractivity contribution < 1.29 is 4.84 Å². The molecule has 3 N–H and O–H groups in total. The van der Waals surface area contributed by atoms with Crippen molar-refractivity contribution in [2.75, 3.05) is 13.2 Å². The lowest BCUT2D eigenvalue weighted by Crippen LogP contribution is -2.41. The summed E-state index contributed by atoms with van der Waals surface area (Å²) in [7, 11) is 0. The minimum absolute atomic E-state index is 0.325. The van der Waals surface area contributed by atoms with E-state index in [0.717, 1.165) is 13.0 Å². The Morgan fingerprint density at radius 2 is 2.46 bits per heavy atom. The van der Waals surface area contributed by atoms with E-state index in [4.69, 9.17) is 4.84 Å². The second-order valence-corrected chi connectivity index (χ2v) is 2.97. The Morgan fingerprint density at radius 1 is 1.62 bits per heavy atom. The van der Waals surface area contributed by atoms with E-state index < -0.39 is 0 Å². The van der Waals surface area contributed by atoms with Gasteiger partial charge in [0.1, 0.15) is 0 Å². The zero-order chi connectivity index (χ0) is 9.52. The second kappa shape index (κ2) is 5.95. The maximum absolute atomic E-state index is 4.97. The molecule has 0 saturated carbocycles. The first-order valence-corrected chi connectivity index (χ1v) is 4.64. The molecule has 4 nitrogen and oxygen atoms in total. The lowest BCUT2D eigenvalue weighted by atomic mass is 10.2. The highest BCUT2D eigenvalue weighted by molar-refractivity contribution is 5.09. The predicted octanol–water partition coefficient (Wildman–Crippen LogP) is -0.214. The molecule has 74 valence electrons. The van der Waals surface area contributed by atoms with Crippen LogP contribution < -0.4 is 16.3 Å². The van der Waals surface area contributed by atoms with Gasteiger partial charge >= 0.3 is 0 Å². The monoisotopic (exact) mass is 183 g/mol. The standard InChI is InChI=1S/C9H17N3O/c1-3-5-8-6-9(7-10-8)11-12-13-4-2/h8-12H,4,6-7H2,1-2H3. The van der Waals surface area contributed by atoms with Crippen LogP contribution in [0.3, 0.4) is 0 Å². The highest BCUT2D eigenvalue weighted by Crippen LogP contribution is 2.04. The van der Waals surface area contributed by atoms with Crippen LogP contribution in [0.15, 0.2) is 0 Å². The third-order valence-electron chi connectivity index (χ3n) is 1.93. The van der Waals surface area contributed by atoms with Crippen LogP contribution in [0.4, 0.5) is 0 Å². The summed E-state index contributed by atoms with van der Waals surface area (Å²) in [6.07, 6.45) is 1.01. The minimum Gasteiger partial charge on any atom is -0.302 e. The molecule has 1 rings (SSSR count). The Kier molecular flexibility index (Phi) is 4.79. The molecule has 1 aliphatic heterocycles. The smallest absolute Gasteiger partial charge is 0.0705 e. The van der Waals surface area contributed by atoms with Gasteiger partial charge < -0.3 is 5.32 Å². The zero-order valence-electron chi connectivity index (χ0n) is 8.18. The number of hydrogen-bond donors (Lipinski definition) is 3. The topological polar surface area (TPSA) is 45.3 Å². The van der Waals surface area contributed by atoms with Crippen LogP contribution in [0.1, 0.15) is 20.3 Å². The molecule has 0 aromatic rings. The molecule has 2 unspecified atom stereocenters. The van der Waals surface area contributed by atoms with Gasteiger partial charge in [-0.3, -0.25) is 4.84 Å². The molecule has 4 heteroatoms. The van der Waals surface area contributed by atoms with Crippen LogP contribution in [0.5, 0.6) is 0 Å². The van der Waals surface area contributed by atoms with Crippen molar-refractivity contribution >= 4 is 0 Å². The van der Waals surface area contributed by atoms with Gasteiger partial charge in [0.15, 0.2) is 0 Å². The Balaban J connectivity index is 2.12. The van der Waals surface area contributed by atoms with Crippen molar-refractivity contribution in [2.24, 2.45) is 0 Å². The Labute approximate surface area is 79.3 Å². The van der Waals surface area contributed by atoms with Gasteiger partial charge in [0.05, 0.1) is 12.6 Å². The molecule has 1 saturated heterocycles. The quantitative estimate of drug-likeness (QED) is 0.320. The summed E-state index contributed by atoms with van der Waals surface area (Å²) in [4.78, 5) is 4.97. The summed E-state index contributed by atoms with van der Waals surface area (Å²) >= 11 is 0. The largest absolute Gasteiger partial charge is 0.302 e. The van der Waals surface area contributed by atoms with E-state index in [2.05, 4.69) is 28.2 Å². The first-order valence-electron chi connectivity index (χ1n) is 4.64. The van der Waals surface area contributed by atoms with Crippen LogP contribution >= 0.6 is 0 Å². The summed E-state index contributed by atoms with van der Waals surface area (Å²) in [5.74, 6) is 6.00. The van der Waals surface area contributed by atoms with Crippen molar-refractivity contribution in [1.82, 2.24) is 16.3 Å². The lowest BCUT2D eigenvalue weighted by molar-refractivity contribution is 0.0117. The molecule has 1 heterocycles. The van der Waals surface area contributed by atoms with Crippen molar-refractivity contribution in [1.29, 1.82) is 0 Å². The molecule has 0 aliphatic carbocycles. The number of hydrogen-bond acceptors (Lipinski definition) is 4. The molecule has 0 radical (unpaired) electrons. The van der Waals surface area contributed by atoms with Crippen LogP contribution in [0.2, 0.25) is 0 Å². The molecule has 0 aromatic heterocycles. The number of rotatable bonds is 4. The fourth-order valence-corrected chi connectivity index (χ4v) is 1.33. The van der Waals surface area contributed by atoms with E-state index >= 15 is 0 Å². The molecular weight excluding hydrogens is 166 g/mol. The Bertz CT molecular complexity index is 197. The van der Waals surface area contributed by atoms with E-state index in [-0.39, 0.29) is 0 Å². The normalized spacial score (nSPS) is 26.9. The fraction of sp³-hybridized carbons (Fsp3) is 0.778. The number of hydrazine groups is 1. The van der Waals surface area contributed by atoms with E-state index in [0.29, 0.717) is 18.7 Å². The molecular formula is C9H17N3O. The van der Waals surface area contributed by atoms with Crippen molar-refractivity contribution in [2.45, 2.75) is 32.4 Å². The summed E-state index contributed by atoms with van der Waals surface area (Å²) in [5, 5.41) is 3.30. The van der Waals surface area contributed by atoms with Gasteiger partial charge in [-0.15, -0.1) is 11.5 Å². The van der Waals surface area contributed by atoms with Gasteiger partial charge in [-0.1, -0.05) is 5.92 Å². The maximum atomic E-state index is 4.97. The number of nitrogens with one attached hydrogen (secondary N) is 3. The van der Waals surface area contributed by atoms with E-state index in [1.54, 1.807) is 0 Å². The summed E-state index contributed by atoms with van der Waals surface area (Å²) in [5.41, 5.74) is 5.77. The molecule has 13 heavy (non-hydrogen) atoms.